The summed E-state index contributed by atoms with van der Waals surface area (Å²) < 4.78 is 13.3. The van der Waals surface area contributed by atoms with E-state index in [-0.39, 0.29) is 10.9 Å². The van der Waals surface area contributed by atoms with Gasteiger partial charge in [-0.3, -0.25) is 9.69 Å². The molecule has 0 aliphatic carbocycles. The monoisotopic (exact) mass is 352 g/mol. The van der Waals surface area contributed by atoms with Crippen LogP contribution in [0.25, 0.3) is 6.08 Å². The van der Waals surface area contributed by atoms with Crippen molar-refractivity contribution in [1.82, 2.24) is 0 Å². The molecule has 3 rings (SSSR count). The topological polar surface area (TPSA) is 32.7 Å². The van der Waals surface area contributed by atoms with Gasteiger partial charge in [-0.2, -0.15) is 0 Å². The van der Waals surface area contributed by atoms with Crippen LogP contribution in [-0.2, 0) is 4.79 Å². The second-order valence-corrected chi connectivity index (χ2v) is 6.54. The van der Waals surface area contributed by atoms with Crippen LogP contribution in [-0.4, -0.2) is 17.3 Å². The molecule has 0 atom stereocenters. The molecule has 22 heavy (non-hydrogen) atoms. The van der Waals surface area contributed by atoms with Crippen molar-refractivity contribution in [3.63, 3.8) is 0 Å². The Morgan fingerprint density at radius 1 is 1.41 bits per heavy atom. The van der Waals surface area contributed by atoms with Crippen molar-refractivity contribution in [1.29, 1.82) is 0 Å². The molecule has 2 heterocycles. The van der Waals surface area contributed by atoms with Crippen LogP contribution in [0.1, 0.15) is 4.88 Å². The van der Waals surface area contributed by atoms with Crippen LogP contribution in [0.5, 0.6) is 0 Å². The Hall–Kier alpha value is -1.63. The minimum atomic E-state index is -0.519. The summed E-state index contributed by atoms with van der Waals surface area (Å²) in [6, 6.07) is 8.00. The molecule has 1 aliphatic rings. The SMILES string of the molecule is CSC1=NC(=Cc2cccs2)C(=O)N1c1ccc(F)c(Cl)c1. The quantitative estimate of drug-likeness (QED) is 0.737. The minimum Gasteiger partial charge on any atom is -0.266 e. The van der Waals surface area contributed by atoms with Crippen LogP contribution in [0.2, 0.25) is 5.02 Å². The molecular weight excluding hydrogens is 343 g/mol. The van der Waals surface area contributed by atoms with Gasteiger partial charge in [0.15, 0.2) is 5.17 Å². The summed E-state index contributed by atoms with van der Waals surface area (Å²) in [5.41, 5.74) is 0.853. The van der Waals surface area contributed by atoms with Gasteiger partial charge in [0, 0.05) is 4.88 Å². The smallest absolute Gasteiger partial charge is 0.266 e. The van der Waals surface area contributed by atoms with E-state index in [0.29, 0.717) is 16.6 Å². The third kappa shape index (κ3) is 2.82. The second-order valence-electron chi connectivity index (χ2n) is 4.38. The largest absolute Gasteiger partial charge is 0.283 e. The first-order valence-corrected chi connectivity index (χ1v) is 8.76. The number of aliphatic imine (C=N–C) groups is 1. The molecule has 0 saturated carbocycles. The lowest BCUT2D eigenvalue weighted by atomic mass is 10.2. The molecule has 2 aromatic rings. The molecular formula is C15H10ClFN2OS2. The summed E-state index contributed by atoms with van der Waals surface area (Å²) >= 11 is 8.68. The molecule has 3 nitrogen and oxygen atoms in total. The van der Waals surface area contributed by atoms with Gasteiger partial charge in [-0.15, -0.1) is 11.3 Å². The molecule has 1 amide bonds. The molecule has 0 spiro atoms. The summed E-state index contributed by atoms with van der Waals surface area (Å²) in [7, 11) is 0. The van der Waals surface area contributed by atoms with Crippen molar-refractivity contribution in [2.45, 2.75) is 0 Å². The third-order valence-corrected chi connectivity index (χ3v) is 4.74. The number of amidine groups is 1. The molecule has 1 aromatic heterocycles. The van der Waals surface area contributed by atoms with Gasteiger partial charge < -0.3 is 0 Å². The molecule has 1 aliphatic heterocycles. The summed E-state index contributed by atoms with van der Waals surface area (Å²) in [5.74, 6) is -0.769. The van der Waals surface area contributed by atoms with E-state index in [9.17, 15) is 9.18 Å². The van der Waals surface area contributed by atoms with Gasteiger partial charge in [0.1, 0.15) is 11.5 Å². The first-order valence-electron chi connectivity index (χ1n) is 6.27. The zero-order valence-corrected chi connectivity index (χ0v) is 13.8. The molecule has 0 N–H and O–H groups in total. The second kappa shape index (κ2) is 6.24. The average Bonchev–Trinajstić information content (AvgIpc) is 3.11. The average molecular weight is 353 g/mol. The third-order valence-electron chi connectivity index (χ3n) is 3.00. The summed E-state index contributed by atoms with van der Waals surface area (Å²) in [6.07, 6.45) is 3.58. The van der Waals surface area contributed by atoms with Crippen molar-refractivity contribution in [2.24, 2.45) is 4.99 Å². The maximum Gasteiger partial charge on any atom is 0.283 e. The number of halogens is 2. The van der Waals surface area contributed by atoms with Crippen LogP contribution in [0, 0.1) is 5.82 Å². The van der Waals surface area contributed by atoms with E-state index in [1.54, 1.807) is 6.08 Å². The van der Waals surface area contributed by atoms with E-state index in [1.165, 1.54) is 46.2 Å². The van der Waals surface area contributed by atoms with Crippen molar-refractivity contribution in [3.05, 3.63) is 57.1 Å². The fourth-order valence-corrected chi connectivity index (χ4v) is 3.38. The highest BCUT2D eigenvalue weighted by Gasteiger charge is 2.31. The first kappa shape index (κ1) is 15.3. The molecule has 7 heteroatoms. The van der Waals surface area contributed by atoms with E-state index < -0.39 is 5.82 Å². The van der Waals surface area contributed by atoms with Crippen molar-refractivity contribution < 1.29 is 9.18 Å². The molecule has 112 valence electrons. The van der Waals surface area contributed by atoms with Gasteiger partial charge in [0.2, 0.25) is 0 Å². The number of amides is 1. The predicted octanol–water partition coefficient (Wildman–Crippen LogP) is 4.65. The lowest BCUT2D eigenvalue weighted by molar-refractivity contribution is -0.113. The van der Waals surface area contributed by atoms with Gasteiger partial charge in [-0.1, -0.05) is 29.4 Å². The number of benzene rings is 1. The highest BCUT2D eigenvalue weighted by atomic mass is 35.5. The van der Waals surface area contributed by atoms with Crippen LogP contribution < -0.4 is 4.90 Å². The Balaban J connectivity index is 2.00. The molecule has 0 unspecified atom stereocenters. The number of nitrogens with zero attached hydrogens (tertiary/aromatic N) is 2. The molecule has 0 radical (unpaired) electrons. The van der Waals surface area contributed by atoms with Crippen LogP contribution in [0.3, 0.4) is 0 Å². The lowest BCUT2D eigenvalue weighted by Crippen LogP contribution is -2.30. The Bertz CT molecular complexity index is 787. The van der Waals surface area contributed by atoms with E-state index in [0.717, 1.165) is 4.88 Å². The highest BCUT2D eigenvalue weighted by molar-refractivity contribution is 8.13. The fraction of sp³-hybridized carbons (Fsp3) is 0.0667. The lowest BCUT2D eigenvalue weighted by Gasteiger charge is -2.17. The van der Waals surface area contributed by atoms with Gasteiger partial charge in [-0.05, 0) is 42.0 Å². The summed E-state index contributed by atoms with van der Waals surface area (Å²) in [4.78, 5) is 19.3. The van der Waals surface area contributed by atoms with Gasteiger partial charge in [-0.25, -0.2) is 9.38 Å². The van der Waals surface area contributed by atoms with Gasteiger partial charge >= 0.3 is 0 Å². The maximum atomic E-state index is 13.3. The van der Waals surface area contributed by atoms with Crippen LogP contribution >= 0.6 is 34.7 Å². The highest BCUT2D eigenvalue weighted by Crippen LogP contribution is 2.31. The van der Waals surface area contributed by atoms with Gasteiger partial charge in [0.25, 0.3) is 5.91 Å². The fourth-order valence-electron chi connectivity index (χ4n) is 1.99. The van der Waals surface area contributed by atoms with E-state index in [1.807, 2.05) is 23.8 Å². The standard InChI is InChI=1S/C15H10ClFN2OS2/c1-21-15-18-13(8-10-3-2-6-22-10)14(20)19(15)9-4-5-12(17)11(16)7-9/h2-8H,1H3. The molecule has 0 fully saturated rings. The number of hydrogen-bond donors (Lipinski definition) is 0. The van der Waals surface area contributed by atoms with E-state index in [4.69, 9.17) is 11.6 Å². The zero-order chi connectivity index (χ0) is 15.7. The number of thioether (sulfide) groups is 1. The summed E-state index contributed by atoms with van der Waals surface area (Å²) in [5, 5.41) is 2.44. The Labute approximate surface area is 140 Å². The predicted molar refractivity (Wildman–Crippen MR) is 92.1 cm³/mol. The Morgan fingerprint density at radius 2 is 2.23 bits per heavy atom. The zero-order valence-electron chi connectivity index (χ0n) is 11.4. The van der Waals surface area contributed by atoms with Crippen LogP contribution in [0.4, 0.5) is 10.1 Å². The van der Waals surface area contributed by atoms with Crippen LogP contribution in [0.15, 0.2) is 46.4 Å². The normalized spacial score (nSPS) is 16.5. The number of anilines is 1. The Kier molecular flexibility index (Phi) is 4.33. The first-order chi connectivity index (χ1) is 10.6. The molecule has 1 aromatic carbocycles. The number of hydrogen-bond acceptors (Lipinski definition) is 4. The van der Waals surface area contributed by atoms with E-state index >= 15 is 0 Å². The van der Waals surface area contributed by atoms with Crippen molar-refractivity contribution in [3.8, 4) is 0 Å². The summed E-state index contributed by atoms with van der Waals surface area (Å²) in [6.45, 7) is 0. The number of carbonyl (C=O) groups is 1. The van der Waals surface area contributed by atoms with Gasteiger partial charge in [0.05, 0.1) is 10.7 Å². The molecule has 0 saturated heterocycles. The number of rotatable bonds is 2. The minimum absolute atomic E-state index is 0.0264. The number of carbonyl (C=O) groups excluding carboxylic acids is 1. The molecule has 0 bridgehead atoms. The maximum absolute atomic E-state index is 13.3. The van der Waals surface area contributed by atoms with Crippen molar-refractivity contribution >= 4 is 57.5 Å². The van der Waals surface area contributed by atoms with Crippen molar-refractivity contribution in [2.75, 3.05) is 11.2 Å². The number of thiophene rings is 1. The van der Waals surface area contributed by atoms with E-state index in [2.05, 4.69) is 4.99 Å². The Morgan fingerprint density at radius 3 is 2.86 bits per heavy atom.